The molecule has 1 aliphatic heterocycles. The second kappa shape index (κ2) is 3.96. The molecule has 1 heterocycles. The molecule has 0 aromatic heterocycles. The number of carboxylic acid groups (broad SMARTS) is 2. The van der Waals surface area contributed by atoms with Crippen molar-refractivity contribution in [2.45, 2.75) is 20.3 Å². The molecule has 0 spiro atoms. The van der Waals surface area contributed by atoms with E-state index in [0.717, 1.165) is 0 Å². The van der Waals surface area contributed by atoms with Gasteiger partial charge in [-0.2, -0.15) is 0 Å². The largest absolute Gasteiger partial charge is 0.481 e. The van der Waals surface area contributed by atoms with Gasteiger partial charge in [0.05, 0.1) is 17.8 Å². The molecule has 2 fully saturated rings. The molecule has 18 heavy (non-hydrogen) atoms. The van der Waals surface area contributed by atoms with Gasteiger partial charge < -0.3 is 15.1 Å². The fourth-order valence-electron chi connectivity index (χ4n) is 2.92. The molecule has 2 aliphatic rings. The van der Waals surface area contributed by atoms with Gasteiger partial charge in [-0.3, -0.25) is 14.4 Å². The van der Waals surface area contributed by atoms with Crippen LogP contribution in [0.5, 0.6) is 0 Å². The Morgan fingerprint density at radius 1 is 1.11 bits per heavy atom. The van der Waals surface area contributed by atoms with Crippen molar-refractivity contribution in [3.8, 4) is 0 Å². The average Bonchev–Trinajstić information content (AvgIpc) is 2.64. The third-order valence-electron chi connectivity index (χ3n) is 4.21. The van der Waals surface area contributed by atoms with E-state index in [4.69, 9.17) is 10.2 Å². The quantitative estimate of drug-likeness (QED) is 0.755. The molecule has 6 nitrogen and oxygen atoms in total. The predicted molar refractivity (Wildman–Crippen MR) is 60.7 cm³/mol. The lowest BCUT2D eigenvalue weighted by Crippen LogP contribution is -2.32. The molecule has 0 aromatic rings. The highest BCUT2D eigenvalue weighted by Gasteiger charge is 2.66. The standard InChI is InChI=1S/C12H17NO5/c1-12(2)7(8(12)11(17)18)9(14)13-4-3-6(5-13)10(15)16/h6-8H,3-5H2,1-2H3,(H,15,16)(H,17,18)/t6?,7-,8+/m1/s1. The lowest BCUT2D eigenvalue weighted by atomic mass is 10.1. The molecule has 1 saturated heterocycles. The van der Waals surface area contributed by atoms with E-state index in [2.05, 4.69) is 0 Å². The maximum Gasteiger partial charge on any atom is 0.308 e. The Morgan fingerprint density at radius 3 is 2.11 bits per heavy atom. The van der Waals surface area contributed by atoms with Crippen LogP contribution in [0.1, 0.15) is 20.3 Å². The molecule has 2 rings (SSSR count). The highest BCUT2D eigenvalue weighted by molar-refractivity contribution is 5.92. The number of likely N-dealkylation sites (tertiary alicyclic amines) is 1. The van der Waals surface area contributed by atoms with Crippen molar-refractivity contribution in [2.75, 3.05) is 13.1 Å². The summed E-state index contributed by atoms with van der Waals surface area (Å²) in [6.45, 7) is 4.14. The minimum atomic E-state index is -0.952. The number of aliphatic carboxylic acids is 2. The van der Waals surface area contributed by atoms with Gasteiger partial charge in [-0.25, -0.2) is 0 Å². The van der Waals surface area contributed by atoms with Crippen molar-refractivity contribution in [2.24, 2.45) is 23.2 Å². The molecule has 100 valence electrons. The van der Waals surface area contributed by atoms with Crippen LogP contribution in [0.25, 0.3) is 0 Å². The Hall–Kier alpha value is -1.59. The molecule has 1 aliphatic carbocycles. The number of nitrogens with zero attached hydrogens (tertiary/aromatic N) is 1. The number of rotatable bonds is 3. The van der Waals surface area contributed by atoms with Gasteiger partial charge in [0, 0.05) is 13.1 Å². The number of hydrogen-bond acceptors (Lipinski definition) is 3. The van der Waals surface area contributed by atoms with Crippen LogP contribution in [0, 0.1) is 23.2 Å². The lowest BCUT2D eigenvalue weighted by molar-refractivity contribution is -0.143. The highest BCUT2D eigenvalue weighted by Crippen LogP contribution is 2.59. The van der Waals surface area contributed by atoms with Crippen LogP contribution in [-0.4, -0.2) is 46.0 Å². The summed E-state index contributed by atoms with van der Waals surface area (Å²) in [4.78, 5) is 35.5. The SMILES string of the molecule is CC1(C)[C@H](C(=O)O)[C@@H]1C(=O)N1CCC(C(=O)O)C1. The number of amides is 1. The predicted octanol–water partition coefficient (Wildman–Crippen LogP) is 0.276. The Kier molecular flexibility index (Phi) is 2.83. The minimum Gasteiger partial charge on any atom is -0.481 e. The fourth-order valence-corrected chi connectivity index (χ4v) is 2.92. The van der Waals surface area contributed by atoms with Gasteiger partial charge in [-0.15, -0.1) is 0 Å². The summed E-state index contributed by atoms with van der Waals surface area (Å²) < 4.78 is 0. The summed E-state index contributed by atoms with van der Waals surface area (Å²) >= 11 is 0. The third-order valence-corrected chi connectivity index (χ3v) is 4.21. The van der Waals surface area contributed by atoms with Gasteiger partial charge >= 0.3 is 11.9 Å². The van der Waals surface area contributed by atoms with Crippen molar-refractivity contribution >= 4 is 17.8 Å². The first-order valence-corrected chi connectivity index (χ1v) is 6.01. The maximum absolute atomic E-state index is 12.2. The van der Waals surface area contributed by atoms with E-state index in [-0.39, 0.29) is 12.5 Å². The van der Waals surface area contributed by atoms with Gasteiger partial charge in [0.2, 0.25) is 5.91 Å². The van der Waals surface area contributed by atoms with Crippen molar-refractivity contribution in [3.05, 3.63) is 0 Å². The van der Waals surface area contributed by atoms with Crippen LogP contribution in [0.4, 0.5) is 0 Å². The van der Waals surface area contributed by atoms with Gasteiger partial charge in [0.25, 0.3) is 0 Å². The summed E-state index contributed by atoms with van der Waals surface area (Å²) in [5.74, 6) is -3.73. The van der Waals surface area contributed by atoms with Crippen molar-refractivity contribution in [1.82, 2.24) is 4.90 Å². The second-order valence-corrected chi connectivity index (χ2v) is 5.72. The molecular weight excluding hydrogens is 238 g/mol. The number of carbonyl (C=O) groups excluding carboxylic acids is 1. The molecule has 0 bridgehead atoms. The Bertz CT molecular complexity index is 417. The second-order valence-electron chi connectivity index (χ2n) is 5.72. The van der Waals surface area contributed by atoms with E-state index in [9.17, 15) is 14.4 Å². The minimum absolute atomic E-state index is 0.201. The molecule has 1 amide bonds. The smallest absolute Gasteiger partial charge is 0.308 e. The van der Waals surface area contributed by atoms with Crippen LogP contribution in [0.3, 0.4) is 0 Å². The molecule has 0 aromatic carbocycles. The summed E-state index contributed by atoms with van der Waals surface area (Å²) in [6, 6.07) is 0. The zero-order valence-electron chi connectivity index (χ0n) is 10.4. The van der Waals surface area contributed by atoms with E-state index in [0.29, 0.717) is 13.0 Å². The highest BCUT2D eigenvalue weighted by atomic mass is 16.4. The van der Waals surface area contributed by atoms with Gasteiger partial charge in [-0.05, 0) is 11.8 Å². The van der Waals surface area contributed by atoms with E-state index in [1.807, 2.05) is 0 Å². The van der Waals surface area contributed by atoms with Crippen molar-refractivity contribution in [1.29, 1.82) is 0 Å². The van der Waals surface area contributed by atoms with E-state index in [1.54, 1.807) is 13.8 Å². The first-order chi connectivity index (χ1) is 8.26. The van der Waals surface area contributed by atoms with Crippen molar-refractivity contribution in [3.63, 3.8) is 0 Å². The first-order valence-electron chi connectivity index (χ1n) is 6.01. The van der Waals surface area contributed by atoms with Gasteiger partial charge in [0.15, 0.2) is 0 Å². The molecule has 3 atom stereocenters. The monoisotopic (exact) mass is 255 g/mol. The Balaban J connectivity index is 2.02. The zero-order valence-corrected chi connectivity index (χ0v) is 10.4. The average molecular weight is 255 g/mol. The Labute approximate surface area is 105 Å². The molecule has 1 saturated carbocycles. The van der Waals surface area contributed by atoms with Crippen LogP contribution in [0.15, 0.2) is 0 Å². The topological polar surface area (TPSA) is 94.9 Å². The molecule has 1 unspecified atom stereocenters. The van der Waals surface area contributed by atoms with Crippen LogP contribution < -0.4 is 0 Å². The molecule has 0 radical (unpaired) electrons. The van der Waals surface area contributed by atoms with Crippen molar-refractivity contribution < 1.29 is 24.6 Å². The van der Waals surface area contributed by atoms with Crippen LogP contribution in [0.2, 0.25) is 0 Å². The zero-order chi connectivity index (χ0) is 13.7. The molecule has 2 N–H and O–H groups in total. The number of carboxylic acids is 2. The van der Waals surface area contributed by atoms with Gasteiger partial charge in [-0.1, -0.05) is 13.8 Å². The summed E-state index contributed by atoms with van der Waals surface area (Å²) in [7, 11) is 0. The molecular formula is C12H17NO5. The third kappa shape index (κ3) is 1.85. The number of carbonyl (C=O) groups is 3. The fraction of sp³-hybridized carbons (Fsp3) is 0.750. The lowest BCUT2D eigenvalue weighted by Gasteiger charge is -2.16. The van der Waals surface area contributed by atoms with Crippen LogP contribution in [-0.2, 0) is 14.4 Å². The maximum atomic E-state index is 12.2. The molecule has 6 heteroatoms. The van der Waals surface area contributed by atoms with Crippen LogP contribution >= 0.6 is 0 Å². The normalized spacial score (nSPS) is 33.2. The van der Waals surface area contributed by atoms with Gasteiger partial charge in [0.1, 0.15) is 0 Å². The van der Waals surface area contributed by atoms with E-state index >= 15 is 0 Å². The summed E-state index contributed by atoms with van der Waals surface area (Å²) in [6.07, 6.45) is 0.450. The number of hydrogen-bond donors (Lipinski definition) is 2. The summed E-state index contributed by atoms with van der Waals surface area (Å²) in [5, 5.41) is 17.9. The summed E-state index contributed by atoms with van der Waals surface area (Å²) in [5.41, 5.74) is -0.524. The van der Waals surface area contributed by atoms with E-state index in [1.165, 1.54) is 4.90 Å². The Morgan fingerprint density at radius 2 is 1.72 bits per heavy atom. The van der Waals surface area contributed by atoms with E-state index < -0.39 is 35.1 Å². The first kappa shape index (κ1) is 12.9.